The van der Waals surface area contributed by atoms with Gasteiger partial charge >= 0.3 is 17.9 Å². The van der Waals surface area contributed by atoms with Crippen LogP contribution in [0.15, 0.2) is 53.4 Å². The van der Waals surface area contributed by atoms with Crippen LogP contribution >= 0.6 is 22.5 Å². The van der Waals surface area contributed by atoms with E-state index in [0.29, 0.717) is 11.1 Å². The number of carbonyl (C=O) groups is 3. The Labute approximate surface area is 239 Å². The average Bonchev–Trinajstić information content (AvgIpc) is 2.90. The molecule has 1 aliphatic carbocycles. The molecule has 40 heavy (non-hydrogen) atoms. The standard InChI is InChI=1S/C28H30O10S2/c1-15(2)18-7-3-17(12-23(18)40-39)6-10-25(33)38-28(27(35)36)13-21(31)26(34)22(14-28)37-24(32)9-5-16-4-8-19(29)20(30)11-16/h3-12,15,21-22,26,29-31,34,39H,13-14H2,1-2H3,(H,35,36)/b9-5+,10-6+/t21-,22-,26+,28-/m1/s1. The number of esters is 2. The number of benzene rings is 2. The van der Waals surface area contributed by atoms with Gasteiger partial charge in [-0.2, -0.15) is 0 Å². The van der Waals surface area contributed by atoms with E-state index >= 15 is 0 Å². The van der Waals surface area contributed by atoms with Crippen molar-refractivity contribution < 1.29 is 49.4 Å². The maximum absolute atomic E-state index is 12.7. The van der Waals surface area contributed by atoms with Gasteiger partial charge in [-0.25, -0.2) is 14.4 Å². The second-order valence-corrected chi connectivity index (χ2v) is 10.8. The molecule has 3 rings (SSSR count). The maximum Gasteiger partial charge on any atom is 0.348 e. The lowest BCUT2D eigenvalue weighted by Crippen LogP contribution is -2.58. The molecule has 0 aromatic heterocycles. The molecule has 2 aromatic carbocycles. The average molecular weight is 591 g/mol. The third-order valence-electron chi connectivity index (χ3n) is 6.38. The monoisotopic (exact) mass is 590 g/mol. The van der Waals surface area contributed by atoms with Gasteiger partial charge in [0.25, 0.3) is 0 Å². The Kier molecular flexibility index (Phi) is 10.3. The Morgan fingerprint density at radius 1 is 0.975 bits per heavy atom. The summed E-state index contributed by atoms with van der Waals surface area (Å²) in [5.74, 6) is -4.06. The molecule has 0 spiro atoms. The normalized spacial score (nSPS) is 23.0. The summed E-state index contributed by atoms with van der Waals surface area (Å²) < 4.78 is 10.5. The van der Waals surface area contributed by atoms with Crippen molar-refractivity contribution in [2.45, 2.75) is 61.4 Å². The number of carbonyl (C=O) groups excluding carboxylic acids is 2. The summed E-state index contributed by atoms with van der Waals surface area (Å²) in [6.45, 7) is 4.08. The molecule has 0 aliphatic heterocycles. The largest absolute Gasteiger partial charge is 0.504 e. The molecule has 10 nitrogen and oxygen atoms in total. The molecule has 214 valence electrons. The van der Waals surface area contributed by atoms with E-state index in [1.807, 2.05) is 26.0 Å². The van der Waals surface area contributed by atoms with Crippen molar-refractivity contribution in [1.82, 2.24) is 0 Å². The van der Waals surface area contributed by atoms with Crippen LogP contribution in [-0.2, 0) is 23.9 Å². The highest BCUT2D eigenvalue weighted by molar-refractivity contribution is 8.68. The van der Waals surface area contributed by atoms with Gasteiger partial charge in [0.05, 0.1) is 6.10 Å². The lowest BCUT2D eigenvalue weighted by atomic mass is 9.79. The van der Waals surface area contributed by atoms with Crippen LogP contribution in [0.1, 0.15) is 49.3 Å². The molecule has 1 fully saturated rings. The zero-order valence-electron chi connectivity index (χ0n) is 21.6. The van der Waals surface area contributed by atoms with Gasteiger partial charge in [-0.1, -0.05) is 42.8 Å². The Balaban J connectivity index is 1.74. The van der Waals surface area contributed by atoms with E-state index in [-0.39, 0.29) is 11.7 Å². The first-order valence-corrected chi connectivity index (χ1v) is 14.1. The number of aliphatic carboxylic acids is 1. The van der Waals surface area contributed by atoms with Crippen molar-refractivity contribution in [3.63, 3.8) is 0 Å². The predicted octanol–water partition coefficient (Wildman–Crippen LogP) is 3.68. The zero-order valence-corrected chi connectivity index (χ0v) is 23.3. The third-order valence-corrected chi connectivity index (χ3v) is 7.52. The van der Waals surface area contributed by atoms with Gasteiger partial charge in [-0.3, -0.25) is 0 Å². The van der Waals surface area contributed by atoms with Crippen LogP contribution in [0.4, 0.5) is 0 Å². The topological polar surface area (TPSA) is 171 Å². The van der Waals surface area contributed by atoms with Crippen LogP contribution in [0.3, 0.4) is 0 Å². The van der Waals surface area contributed by atoms with E-state index in [4.69, 9.17) is 9.47 Å². The molecule has 0 saturated heterocycles. The number of phenols is 2. The van der Waals surface area contributed by atoms with Crippen LogP contribution < -0.4 is 0 Å². The van der Waals surface area contributed by atoms with Crippen molar-refractivity contribution in [2.75, 3.05) is 0 Å². The minimum atomic E-state index is -2.27. The number of rotatable bonds is 9. The second kappa shape index (κ2) is 13.3. The summed E-state index contributed by atoms with van der Waals surface area (Å²) in [6.07, 6.45) is -1.33. The quantitative estimate of drug-likeness (QED) is 0.0828. The summed E-state index contributed by atoms with van der Waals surface area (Å²) in [5, 5.41) is 49.6. The van der Waals surface area contributed by atoms with Crippen LogP contribution in [0.25, 0.3) is 12.2 Å². The fourth-order valence-electron chi connectivity index (χ4n) is 4.25. The number of aliphatic hydroxyl groups excluding tert-OH is 2. The van der Waals surface area contributed by atoms with Crippen molar-refractivity contribution in [1.29, 1.82) is 0 Å². The predicted molar refractivity (Wildman–Crippen MR) is 151 cm³/mol. The summed E-state index contributed by atoms with van der Waals surface area (Å²) in [4.78, 5) is 38.2. The number of thiol groups is 1. The fraction of sp³-hybridized carbons (Fsp3) is 0.321. The van der Waals surface area contributed by atoms with Gasteiger partial charge in [0.15, 0.2) is 11.5 Å². The van der Waals surface area contributed by atoms with Gasteiger partial charge in [0.1, 0.15) is 12.2 Å². The van der Waals surface area contributed by atoms with Crippen molar-refractivity contribution >= 4 is 52.5 Å². The molecule has 0 radical (unpaired) electrons. The van der Waals surface area contributed by atoms with E-state index in [9.17, 15) is 39.9 Å². The molecule has 4 atom stereocenters. The first-order chi connectivity index (χ1) is 18.8. The molecule has 12 heteroatoms. The SMILES string of the molecule is CC(C)c1ccc(/C=C/C(=O)O[C@]2(C(=O)O)C[C@@H](O)[C@H](O)[C@H](OC(=O)/C=C/c3ccc(O)c(O)c3)C2)cc1SS. The molecule has 0 amide bonds. The molecule has 5 N–H and O–H groups in total. The summed E-state index contributed by atoms with van der Waals surface area (Å²) in [6, 6.07) is 9.35. The number of hydrogen-bond donors (Lipinski definition) is 6. The van der Waals surface area contributed by atoms with E-state index < -0.39 is 60.4 Å². The minimum absolute atomic E-state index is 0.264. The van der Waals surface area contributed by atoms with E-state index in [0.717, 1.165) is 22.6 Å². The lowest BCUT2D eigenvalue weighted by Gasteiger charge is -2.41. The maximum atomic E-state index is 12.7. The third kappa shape index (κ3) is 7.60. The Bertz CT molecular complexity index is 1320. The Morgan fingerprint density at radius 3 is 2.20 bits per heavy atom. The van der Waals surface area contributed by atoms with Crippen molar-refractivity contribution in [3.8, 4) is 11.5 Å². The summed E-state index contributed by atoms with van der Waals surface area (Å²) >= 11 is 4.27. The smallest absolute Gasteiger partial charge is 0.348 e. The van der Waals surface area contributed by atoms with Crippen molar-refractivity contribution in [2.24, 2.45) is 0 Å². The van der Waals surface area contributed by atoms with Crippen LogP contribution in [0.2, 0.25) is 0 Å². The molecule has 0 unspecified atom stereocenters. The van der Waals surface area contributed by atoms with Crippen LogP contribution in [-0.4, -0.2) is 67.4 Å². The highest BCUT2D eigenvalue weighted by Gasteiger charge is 2.54. The van der Waals surface area contributed by atoms with E-state index in [1.165, 1.54) is 41.1 Å². The molecule has 2 aromatic rings. The highest BCUT2D eigenvalue weighted by Crippen LogP contribution is 2.35. The minimum Gasteiger partial charge on any atom is -0.504 e. The molecule has 1 aliphatic rings. The number of ether oxygens (including phenoxy) is 2. The molecular weight excluding hydrogens is 560 g/mol. The summed E-state index contributed by atoms with van der Waals surface area (Å²) in [7, 11) is 1.26. The molecule has 1 saturated carbocycles. The molecular formula is C28H30O10S2. The van der Waals surface area contributed by atoms with E-state index in [2.05, 4.69) is 11.7 Å². The molecule has 0 heterocycles. The van der Waals surface area contributed by atoms with Crippen molar-refractivity contribution in [3.05, 3.63) is 65.2 Å². The van der Waals surface area contributed by atoms with Crippen LogP contribution in [0.5, 0.6) is 11.5 Å². The first-order valence-electron chi connectivity index (χ1n) is 12.2. The lowest BCUT2D eigenvalue weighted by molar-refractivity contribution is -0.207. The van der Waals surface area contributed by atoms with E-state index in [1.54, 1.807) is 6.07 Å². The fourth-order valence-corrected chi connectivity index (χ4v) is 5.32. The molecule has 0 bridgehead atoms. The number of aromatic hydroxyl groups is 2. The highest BCUT2D eigenvalue weighted by atomic mass is 33.1. The number of carboxylic acid groups (broad SMARTS) is 1. The zero-order chi connectivity index (χ0) is 29.6. The van der Waals surface area contributed by atoms with Gasteiger partial charge in [-0.15, -0.1) is 11.7 Å². The second-order valence-electron chi connectivity index (χ2n) is 9.62. The van der Waals surface area contributed by atoms with Gasteiger partial charge in [0, 0.05) is 29.9 Å². The Morgan fingerprint density at radius 2 is 1.60 bits per heavy atom. The number of carboxylic acids is 1. The number of aliphatic hydroxyl groups is 2. The van der Waals surface area contributed by atoms with Gasteiger partial charge in [-0.05, 0) is 53.0 Å². The van der Waals surface area contributed by atoms with Gasteiger partial charge < -0.3 is 35.0 Å². The first kappa shape index (κ1) is 31.1. The van der Waals surface area contributed by atoms with Crippen LogP contribution in [0, 0.1) is 0 Å². The number of hydrogen-bond acceptors (Lipinski definition) is 11. The van der Waals surface area contributed by atoms with Gasteiger partial charge in [0.2, 0.25) is 5.60 Å². The Hall–Kier alpha value is -3.45. The summed E-state index contributed by atoms with van der Waals surface area (Å²) in [5.41, 5.74) is -0.195. The number of phenolic OH excluding ortho intramolecular Hbond substituents is 2.